The number of ketones is 1. The van der Waals surface area contributed by atoms with E-state index in [-0.39, 0.29) is 24.7 Å². The van der Waals surface area contributed by atoms with Crippen LogP contribution in [0.1, 0.15) is 39.5 Å². The molecular formula is C11H20N2O6. The van der Waals surface area contributed by atoms with Gasteiger partial charge in [-0.1, -0.05) is 6.42 Å². The lowest BCUT2D eigenvalue weighted by molar-refractivity contribution is -0.757. The minimum atomic E-state index is -0.935. The van der Waals surface area contributed by atoms with Crippen LogP contribution in [0.4, 0.5) is 0 Å². The Morgan fingerprint density at radius 1 is 1.37 bits per heavy atom. The van der Waals surface area contributed by atoms with Crippen LogP contribution < -0.4 is 5.32 Å². The molecule has 0 spiro atoms. The second kappa shape index (κ2) is 9.26. The first-order valence-corrected chi connectivity index (χ1v) is 6.09. The fourth-order valence-corrected chi connectivity index (χ4v) is 1.51. The number of carbonyl (C=O) groups is 2. The number of aliphatic hydroxyl groups excluding tert-OH is 1. The fourth-order valence-electron chi connectivity index (χ4n) is 1.51. The molecule has 2 N–H and O–H groups in total. The maximum Gasteiger partial charge on any atom is 0.294 e. The summed E-state index contributed by atoms with van der Waals surface area (Å²) >= 11 is 0. The number of hydrogen-bond donors (Lipinski definition) is 2. The first kappa shape index (κ1) is 17.3. The van der Waals surface area contributed by atoms with Gasteiger partial charge in [-0.2, -0.15) is 0 Å². The summed E-state index contributed by atoms with van der Waals surface area (Å²) in [5.74, 6) is -0.626. The Morgan fingerprint density at radius 3 is 2.47 bits per heavy atom. The van der Waals surface area contributed by atoms with Gasteiger partial charge in [-0.05, 0) is 26.7 Å². The van der Waals surface area contributed by atoms with Crippen LogP contribution in [0, 0.1) is 10.1 Å². The SMILES string of the molecule is CC(=O)C(NC(=O)CCCCCO[N+](=O)[O-])C(C)O. The number of aliphatic hydroxyl groups is 1. The van der Waals surface area contributed by atoms with Crippen molar-refractivity contribution in [3.05, 3.63) is 10.1 Å². The highest BCUT2D eigenvalue weighted by Gasteiger charge is 2.21. The van der Waals surface area contributed by atoms with E-state index in [1.54, 1.807) is 0 Å². The van der Waals surface area contributed by atoms with E-state index in [1.165, 1.54) is 13.8 Å². The number of carbonyl (C=O) groups excluding carboxylic acids is 2. The second-order valence-corrected chi connectivity index (χ2v) is 4.26. The van der Waals surface area contributed by atoms with Crippen LogP contribution in [0.3, 0.4) is 0 Å². The smallest absolute Gasteiger partial charge is 0.294 e. The maximum absolute atomic E-state index is 11.5. The Kier molecular flexibility index (Phi) is 8.43. The Morgan fingerprint density at radius 2 is 2.00 bits per heavy atom. The van der Waals surface area contributed by atoms with E-state index in [2.05, 4.69) is 10.2 Å². The standard InChI is InChI=1S/C11H20N2O6/c1-8(14)11(9(2)15)12-10(16)6-4-3-5-7-19-13(17)18/h8,11,14H,3-7H2,1-2H3,(H,12,16). The molecular weight excluding hydrogens is 256 g/mol. The van der Waals surface area contributed by atoms with Gasteiger partial charge in [0.05, 0.1) is 12.7 Å². The molecule has 2 atom stereocenters. The Labute approximate surface area is 111 Å². The average Bonchev–Trinajstić information content (AvgIpc) is 2.29. The predicted molar refractivity (Wildman–Crippen MR) is 65.7 cm³/mol. The Bertz CT molecular complexity index is 318. The van der Waals surface area contributed by atoms with Crippen LogP contribution >= 0.6 is 0 Å². The monoisotopic (exact) mass is 276 g/mol. The quantitative estimate of drug-likeness (QED) is 0.334. The van der Waals surface area contributed by atoms with Crippen molar-refractivity contribution in [2.75, 3.05) is 6.61 Å². The molecule has 8 heteroatoms. The van der Waals surface area contributed by atoms with Crippen molar-refractivity contribution in [2.24, 2.45) is 0 Å². The summed E-state index contributed by atoms with van der Waals surface area (Å²) in [6.45, 7) is 2.74. The molecule has 0 saturated carbocycles. The van der Waals surface area contributed by atoms with E-state index in [1.807, 2.05) is 0 Å². The highest BCUT2D eigenvalue weighted by Crippen LogP contribution is 2.02. The van der Waals surface area contributed by atoms with Crippen molar-refractivity contribution < 1.29 is 24.6 Å². The van der Waals surface area contributed by atoms with Crippen LogP contribution in [0.2, 0.25) is 0 Å². The molecule has 0 aromatic carbocycles. The average molecular weight is 276 g/mol. The van der Waals surface area contributed by atoms with Gasteiger partial charge in [0.2, 0.25) is 5.91 Å². The lowest BCUT2D eigenvalue weighted by Crippen LogP contribution is -2.46. The molecule has 110 valence electrons. The van der Waals surface area contributed by atoms with Crippen molar-refractivity contribution in [1.29, 1.82) is 0 Å². The number of nitrogens with zero attached hydrogens (tertiary/aromatic N) is 1. The largest absolute Gasteiger partial charge is 0.391 e. The topological polar surface area (TPSA) is 119 Å². The van der Waals surface area contributed by atoms with Crippen LogP contribution in [0.15, 0.2) is 0 Å². The number of unbranched alkanes of at least 4 members (excludes halogenated alkanes) is 2. The van der Waals surface area contributed by atoms with E-state index >= 15 is 0 Å². The zero-order valence-corrected chi connectivity index (χ0v) is 11.1. The third-order valence-corrected chi connectivity index (χ3v) is 2.48. The zero-order valence-electron chi connectivity index (χ0n) is 11.1. The van der Waals surface area contributed by atoms with Gasteiger partial charge in [0, 0.05) is 6.42 Å². The van der Waals surface area contributed by atoms with Gasteiger partial charge < -0.3 is 15.3 Å². The molecule has 0 bridgehead atoms. The van der Waals surface area contributed by atoms with E-state index < -0.39 is 17.2 Å². The van der Waals surface area contributed by atoms with Crippen LogP contribution in [0.25, 0.3) is 0 Å². The molecule has 0 fully saturated rings. The third kappa shape index (κ3) is 8.95. The molecule has 0 radical (unpaired) electrons. The minimum absolute atomic E-state index is 0.0123. The molecule has 1 amide bonds. The maximum atomic E-state index is 11.5. The molecule has 0 aliphatic heterocycles. The van der Waals surface area contributed by atoms with Gasteiger partial charge in [-0.25, -0.2) is 0 Å². The third-order valence-electron chi connectivity index (χ3n) is 2.48. The Balaban J connectivity index is 3.74. The molecule has 0 saturated heterocycles. The minimum Gasteiger partial charge on any atom is -0.391 e. The van der Waals surface area contributed by atoms with Crippen molar-refractivity contribution in [1.82, 2.24) is 5.32 Å². The summed E-state index contributed by atoms with van der Waals surface area (Å²) in [6.07, 6.45) is 0.906. The van der Waals surface area contributed by atoms with E-state index in [4.69, 9.17) is 0 Å². The lowest BCUT2D eigenvalue weighted by atomic mass is 10.1. The molecule has 0 aromatic heterocycles. The first-order valence-electron chi connectivity index (χ1n) is 6.09. The molecule has 0 aliphatic carbocycles. The summed E-state index contributed by atoms with van der Waals surface area (Å²) < 4.78 is 0. The lowest BCUT2D eigenvalue weighted by Gasteiger charge is -2.18. The summed E-state index contributed by atoms with van der Waals surface area (Å²) in [4.78, 5) is 36.6. The second-order valence-electron chi connectivity index (χ2n) is 4.26. The summed E-state index contributed by atoms with van der Waals surface area (Å²) in [7, 11) is 0. The zero-order chi connectivity index (χ0) is 14.8. The summed E-state index contributed by atoms with van der Waals surface area (Å²) in [5, 5.41) is 20.8. The van der Waals surface area contributed by atoms with Crippen molar-refractivity contribution in [2.45, 2.75) is 51.7 Å². The highest BCUT2D eigenvalue weighted by molar-refractivity contribution is 5.87. The first-order chi connectivity index (χ1) is 8.84. The van der Waals surface area contributed by atoms with Crippen molar-refractivity contribution >= 4 is 11.7 Å². The predicted octanol–water partition coefficient (Wildman–Crippen LogP) is 0.210. The molecule has 2 unspecified atom stereocenters. The van der Waals surface area contributed by atoms with Crippen molar-refractivity contribution in [3.8, 4) is 0 Å². The van der Waals surface area contributed by atoms with E-state index in [0.29, 0.717) is 19.3 Å². The molecule has 8 nitrogen and oxygen atoms in total. The summed E-state index contributed by atoms with van der Waals surface area (Å²) in [5.41, 5.74) is 0. The Hall–Kier alpha value is -1.70. The normalized spacial score (nSPS) is 13.4. The van der Waals surface area contributed by atoms with E-state index in [0.717, 1.165) is 0 Å². The van der Waals surface area contributed by atoms with Gasteiger partial charge in [0.1, 0.15) is 6.04 Å². The van der Waals surface area contributed by atoms with Gasteiger partial charge >= 0.3 is 0 Å². The van der Waals surface area contributed by atoms with E-state index in [9.17, 15) is 24.8 Å². The fraction of sp³-hybridized carbons (Fsp3) is 0.818. The number of rotatable bonds is 10. The van der Waals surface area contributed by atoms with Crippen molar-refractivity contribution in [3.63, 3.8) is 0 Å². The number of nitrogens with one attached hydrogen (secondary N) is 1. The van der Waals surface area contributed by atoms with Crippen LogP contribution in [-0.4, -0.2) is 40.6 Å². The van der Waals surface area contributed by atoms with Crippen LogP contribution in [0.5, 0.6) is 0 Å². The number of hydrogen-bond acceptors (Lipinski definition) is 6. The molecule has 0 aromatic rings. The highest BCUT2D eigenvalue weighted by atomic mass is 16.9. The molecule has 0 heterocycles. The van der Waals surface area contributed by atoms with Crippen LogP contribution in [-0.2, 0) is 14.4 Å². The van der Waals surface area contributed by atoms with Gasteiger partial charge in [-0.15, -0.1) is 10.1 Å². The number of Topliss-reactive ketones (excluding diaryl/α,β-unsaturated/α-hetero) is 1. The molecule has 19 heavy (non-hydrogen) atoms. The molecule has 0 rings (SSSR count). The van der Waals surface area contributed by atoms with Gasteiger partial charge in [-0.3, -0.25) is 9.59 Å². The van der Waals surface area contributed by atoms with Gasteiger partial charge in [0.15, 0.2) is 5.78 Å². The molecule has 0 aliphatic rings. The number of amides is 1. The van der Waals surface area contributed by atoms with Gasteiger partial charge in [0.25, 0.3) is 5.09 Å². The summed E-state index contributed by atoms with van der Waals surface area (Å²) in [6, 6.07) is -0.884.